The van der Waals surface area contributed by atoms with Crippen LogP contribution in [0.25, 0.3) is 0 Å². The minimum absolute atomic E-state index is 0.220. The lowest BCUT2D eigenvalue weighted by molar-refractivity contribution is -0.139. The predicted octanol–water partition coefficient (Wildman–Crippen LogP) is 2.21. The van der Waals surface area contributed by atoms with E-state index in [0.717, 1.165) is 38.6 Å². The zero-order chi connectivity index (χ0) is 13.5. The summed E-state index contributed by atoms with van der Waals surface area (Å²) in [4.78, 5) is 24.9. The Balaban J connectivity index is 2.58. The minimum Gasteiger partial charge on any atom is -0.480 e. The van der Waals surface area contributed by atoms with Crippen LogP contribution >= 0.6 is 0 Å². The van der Waals surface area contributed by atoms with Crippen LogP contribution in [0, 0.1) is 0 Å². The molecule has 0 aromatic heterocycles. The van der Waals surface area contributed by atoms with Gasteiger partial charge in [0.15, 0.2) is 0 Å². The highest BCUT2D eigenvalue weighted by Crippen LogP contribution is 2.19. The molecule has 0 aromatic carbocycles. The summed E-state index contributed by atoms with van der Waals surface area (Å²) in [6.45, 7) is 4.72. The number of nitrogens with zero attached hydrogens (tertiary/aromatic N) is 1. The number of piperidine rings is 1. The molecule has 18 heavy (non-hydrogen) atoms. The number of rotatable bonds is 5. The molecule has 1 aliphatic rings. The maximum absolute atomic E-state index is 12.1. The molecule has 2 atom stereocenters. The van der Waals surface area contributed by atoms with Crippen molar-refractivity contribution in [1.82, 2.24) is 10.2 Å². The van der Waals surface area contributed by atoms with Gasteiger partial charge >= 0.3 is 12.0 Å². The van der Waals surface area contributed by atoms with Crippen molar-refractivity contribution in [2.75, 3.05) is 6.54 Å². The van der Waals surface area contributed by atoms with Gasteiger partial charge in [-0.1, -0.05) is 20.3 Å². The summed E-state index contributed by atoms with van der Waals surface area (Å²) in [7, 11) is 0. The van der Waals surface area contributed by atoms with E-state index in [1.54, 1.807) is 4.90 Å². The monoisotopic (exact) mass is 256 g/mol. The van der Waals surface area contributed by atoms with E-state index >= 15 is 0 Å². The summed E-state index contributed by atoms with van der Waals surface area (Å²) in [5.74, 6) is -0.949. The average molecular weight is 256 g/mol. The largest absolute Gasteiger partial charge is 0.480 e. The second kappa shape index (κ2) is 7.24. The van der Waals surface area contributed by atoms with Gasteiger partial charge in [-0.15, -0.1) is 0 Å². The first kappa shape index (κ1) is 14.8. The highest BCUT2D eigenvalue weighted by molar-refractivity contribution is 5.82. The fourth-order valence-corrected chi connectivity index (χ4v) is 2.47. The Hall–Kier alpha value is -1.26. The van der Waals surface area contributed by atoms with Gasteiger partial charge in [0.2, 0.25) is 0 Å². The molecule has 0 aromatic rings. The summed E-state index contributed by atoms with van der Waals surface area (Å²) in [5, 5.41) is 11.7. The predicted molar refractivity (Wildman–Crippen MR) is 69.5 cm³/mol. The number of nitrogens with one attached hydrogen (secondary N) is 1. The fraction of sp³-hybridized carbons (Fsp3) is 0.846. The second-order valence-electron chi connectivity index (χ2n) is 4.88. The molecule has 1 aliphatic heterocycles. The van der Waals surface area contributed by atoms with Gasteiger partial charge in [0.05, 0.1) is 0 Å². The molecular weight excluding hydrogens is 232 g/mol. The number of carboxylic acids is 1. The third-order valence-electron chi connectivity index (χ3n) is 3.53. The maximum Gasteiger partial charge on any atom is 0.326 e. The molecule has 0 spiro atoms. The summed E-state index contributed by atoms with van der Waals surface area (Å²) >= 11 is 0. The quantitative estimate of drug-likeness (QED) is 0.792. The molecule has 1 heterocycles. The van der Waals surface area contributed by atoms with Crippen LogP contribution in [0.15, 0.2) is 0 Å². The van der Waals surface area contributed by atoms with E-state index in [1.165, 1.54) is 0 Å². The molecule has 0 saturated carbocycles. The van der Waals surface area contributed by atoms with Crippen molar-refractivity contribution in [2.45, 2.75) is 64.5 Å². The van der Waals surface area contributed by atoms with Crippen LogP contribution in [-0.4, -0.2) is 40.6 Å². The fourth-order valence-electron chi connectivity index (χ4n) is 2.47. The molecular formula is C13H24N2O3. The number of carbonyl (C=O) groups is 2. The Kier molecular flexibility index (Phi) is 5.95. The van der Waals surface area contributed by atoms with Crippen molar-refractivity contribution in [3.05, 3.63) is 0 Å². The van der Waals surface area contributed by atoms with E-state index in [9.17, 15) is 9.59 Å². The van der Waals surface area contributed by atoms with Crippen LogP contribution in [-0.2, 0) is 4.79 Å². The molecule has 5 heteroatoms. The van der Waals surface area contributed by atoms with Gasteiger partial charge in [0.25, 0.3) is 0 Å². The number of carbonyl (C=O) groups excluding carboxylic acids is 1. The lowest BCUT2D eigenvalue weighted by atomic mass is 10.0. The molecule has 1 saturated heterocycles. The van der Waals surface area contributed by atoms with Crippen LogP contribution in [0.2, 0.25) is 0 Å². The Morgan fingerprint density at radius 1 is 1.39 bits per heavy atom. The zero-order valence-electron chi connectivity index (χ0n) is 11.3. The summed E-state index contributed by atoms with van der Waals surface area (Å²) in [6, 6.07) is -0.723. The van der Waals surface area contributed by atoms with Crippen molar-refractivity contribution >= 4 is 12.0 Å². The van der Waals surface area contributed by atoms with E-state index in [0.29, 0.717) is 6.42 Å². The molecule has 2 N–H and O–H groups in total. The van der Waals surface area contributed by atoms with Gasteiger partial charge in [-0.05, 0) is 32.1 Å². The second-order valence-corrected chi connectivity index (χ2v) is 4.88. The van der Waals surface area contributed by atoms with Crippen LogP contribution < -0.4 is 5.32 Å². The van der Waals surface area contributed by atoms with Gasteiger partial charge in [-0.2, -0.15) is 0 Å². The van der Waals surface area contributed by atoms with Crippen LogP contribution in [0.1, 0.15) is 52.4 Å². The normalized spacial score (nSPS) is 21.4. The third-order valence-corrected chi connectivity index (χ3v) is 3.53. The minimum atomic E-state index is -0.949. The molecule has 104 valence electrons. The molecule has 1 rings (SSSR count). The third kappa shape index (κ3) is 3.89. The van der Waals surface area contributed by atoms with E-state index in [1.807, 2.05) is 6.92 Å². The van der Waals surface area contributed by atoms with Crippen LogP contribution in [0.3, 0.4) is 0 Å². The summed E-state index contributed by atoms with van der Waals surface area (Å²) < 4.78 is 0. The first-order valence-electron chi connectivity index (χ1n) is 6.90. The molecule has 0 radical (unpaired) electrons. The number of hydrogen-bond donors (Lipinski definition) is 2. The topological polar surface area (TPSA) is 69.6 Å². The number of amides is 2. The lowest BCUT2D eigenvalue weighted by Gasteiger charge is -2.35. The SMILES string of the molecule is CCC[C@H](NC(=O)N1CCCCC1CC)C(=O)O. The van der Waals surface area contributed by atoms with E-state index in [4.69, 9.17) is 5.11 Å². The number of hydrogen-bond acceptors (Lipinski definition) is 2. The average Bonchev–Trinajstić information content (AvgIpc) is 2.37. The van der Waals surface area contributed by atoms with Crippen molar-refractivity contribution < 1.29 is 14.7 Å². The van der Waals surface area contributed by atoms with Crippen molar-refractivity contribution in [1.29, 1.82) is 0 Å². The number of urea groups is 1. The zero-order valence-corrected chi connectivity index (χ0v) is 11.3. The molecule has 1 fully saturated rings. The summed E-state index contributed by atoms with van der Waals surface area (Å²) in [5.41, 5.74) is 0. The highest BCUT2D eigenvalue weighted by atomic mass is 16.4. The van der Waals surface area contributed by atoms with Gasteiger partial charge in [-0.25, -0.2) is 9.59 Å². The van der Waals surface area contributed by atoms with E-state index in [2.05, 4.69) is 12.2 Å². The van der Waals surface area contributed by atoms with Crippen molar-refractivity contribution in [3.8, 4) is 0 Å². The number of aliphatic carboxylic acids is 1. The van der Waals surface area contributed by atoms with Crippen molar-refractivity contribution in [2.24, 2.45) is 0 Å². The van der Waals surface area contributed by atoms with E-state index < -0.39 is 12.0 Å². The van der Waals surface area contributed by atoms with Gasteiger partial charge in [0.1, 0.15) is 6.04 Å². The molecule has 1 unspecified atom stereocenters. The smallest absolute Gasteiger partial charge is 0.326 e. The standard InChI is InChI=1S/C13H24N2O3/c1-3-7-11(12(16)17)14-13(18)15-9-6-5-8-10(15)4-2/h10-11H,3-9H2,1-2H3,(H,14,18)(H,16,17)/t10?,11-/m0/s1. The number of likely N-dealkylation sites (tertiary alicyclic amines) is 1. The Morgan fingerprint density at radius 2 is 2.11 bits per heavy atom. The molecule has 2 amide bonds. The van der Waals surface area contributed by atoms with E-state index in [-0.39, 0.29) is 12.1 Å². The molecule has 5 nitrogen and oxygen atoms in total. The first-order valence-corrected chi connectivity index (χ1v) is 6.90. The van der Waals surface area contributed by atoms with Gasteiger partial charge < -0.3 is 15.3 Å². The Morgan fingerprint density at radius 3 is 2.67 bits per heavy atom. The van der Waals surface area contributed by atoms with Crippen LogP contribution in [0.5, 0.6) is 0 Å². The Bertz CT molecular complexity index is 294. The van der Waals surface area contributed by atoms with Crippen molar-refractivity contribution in [3.63, 3.8) is 0 Å². The lowest BCUT2D eigenvalue weighted by Crippen LogP contribution is -2.52. The highest BCUT2D eigenvalue weighted by Gasteiger charge is 2.28. The maximum atomic E-state index is 12.1. The molecule has 0 bridgehead atoms. The Labute approximate surface area is 109 Å². The van der Waals surface area contributed by atoms with Crippen LogP contribution in [0.4, 0.5) is 4.79 Å². The first-order chi connectivity index (χ1) is 8.60. The summed E-state index contributed by atoms with van der Waals surface area (Å²) in [6.07, 6.45) is 5.34. The van der Waals surface area contributed by atoms with Gasteiger partial charge in [-0.3, -0.25) is 0 Å². The molecule has 0 aliphatic carbocycles. The van der Waals surface area contributed by atoms with Gasteiger partial charge in [0, 0.05) is 12.6 Å². The number of carboxylic acid groups (broad SMARTS) is 1.